The lowest BCUT2D eigenvalue weighted by atomic mass is 9.95. The molecule has 0 fully saturated rings. The summed E-state index contributed by atoms with van der Waals surface area (Å²) in [6.45, 7) is 0. The fourth-order valence-corrected chi connectivity index (χ4v) is 2.59. The Kier molecular flexibility index (Phi) is 2.86. The Bertz CT molecular complexity index is 636. The van der Waals surface area contributed by atoms with Crippen molar-refractivity contribution in [2.24, 2.45) is 0 Å². The molecule has 0 spiro atoms. The summed E-state index contributed by atoms with van der Waals surface area (Å²) in [6.07, 6.45) is 3.13. The van der Waals surface area contributed by atoms with Gasteiger partial charge >= 0.3 is 0 Å². The van der Waals surface area contributed by atoms with Gasteiger partial charge in [0.15, 0.2) is 17.5 Å². The van der Waals surface area contributed by atoms with Crippen molar-refractivity contribution in [3.05, 3.63) is 53.1 Å². The van der Waals surface area contributed by atoms with E-state index in [0.717, 1.165) is 23.7 Å². The monoisotopic (exact) mass is 267 g/mol. The Morgan fingerprint density at radius 3 is 2.68 bits per heavy atom. The summed E-state index contributed by atoms with van der Waals surface area (Å²) in [5.74, 6) is -3.89. The first kappa shape index (κ1) is 12.3. The van der Waals surface area contributed by atoms with Crippen LogP contribution in [0.5, 0.6) is 0 Å². The smallest absolute Gasteiger partial charge is 0.196 e. The highest BCUT2D eigenvalue weighted by Gasteiger charge is 2.23. The Morgan fingerprint density at radius 1 is 1.11 bits per heavy atom. The molecule has 1 aliphatic rings. The van der Waals surface area contributed by atoms with Crippen molar-refractivity contribution >= 4 is 0 Å². The van der Waals surface area contributed by atoms with E-state index < -0.39 is 23.6 Å². The maximum Gasteiger partial charge on any atom is 0.196 e. The highest BCUT2D eigenvalue weighted by molar-refractivity contribution is 5.41. The number of fused-ring (bicyclic) bond motifs is 1. The van der Waals surface area contributed by atoms with Crippen LogP contribution in [-0.4, -0.2) is 9.67 Å². The van der Waals surface area contributed by atoms with Gasteiger partial charge in [0.05, 0.1) is 11.8 Å². The van der Waals surface area contributed by atoms with Gasteiger partial charge in [-0.1, -0.05) is 0 Å². The highest BCUT2D eigenvalue weighted by atomic mass is 19.2. The average molecular weight is 267 g/mol. The van der Waals surface area contributed by atoms with Crippen molar-refractivity contribution in [1.82, 2.24) is 4.57 Å². The SMILES string of the molecule is OC1CCCc2c1ccn2-c1ccc(F)c(F)c1F. The lowest BCUT2D eigenvalue weighted by Gasteiger charge is -2.20. The molecule has 0 amide bonds. The minimum absolute atomic E-state index is 0.0331. The summed E-state index contributed by atoms with van der Waals surface area (Å²) < 4.78 is 41.5. The van der Waals surface area contributed by atoms with Gasteiger partial charge in [0.1, 0.15) is 0 Å². The van der Waals surface area contributed by atoms with Crippen molar-refractivity contribution < 1.29 is 18.3 Å². The largest absolute Gasteiger partial charge is 0.388 e. The van der Waals surface area contributed by atoms with Crippen LogP contribution in [0.3, 0.4) is 0 Å². The third-order valence-electron chi connectivity index (χ3n) is 3.55. The quantitative estimate of drug-likeness (QED) is 0.788. The first-order valence-corrected chi connectivity index (χ1v) is 6.11. The molecule has 19 heavy (non-hydrogen) atoms. The second kappa shape index (κ2) is 4.42. The van der Waals surface area contributed by atoms with Crippen LogP contribution in [-0.2, 0) is 6.42 Å². The van der Waals surface area contributed by atoms with Gasteiger partial charge in [-0.25, -0.2) is 13.2 Å². The van der Waals surface area contributed by atoms with Crippen molar-refractivity contribution in [3.8, 4) is 5.69 Å². The van der Waals surface area contributed by atoms with Crippen LogP contribution in [0.15, 0.2) is 24.4 Å². The van der Waals surface area contributed by atoms with Gasteiger partial charge in [0.2, 0.25) is 0 Å². The number of nitrogens with zero attached hydrogens (tertiary/aromatic N) is 1. The number of halogens is 3. The maximum atomic E-state index is 13.8. The van der Waals surface area contributed by atoms with Crippen LogP contribution >= 0.6 is 0 Å². The van der Waals surface area contributed by atoms with E-state index in [-0.39, 0.29) is 5.69 Å². The molecule has 2 aromatic rings. The predicted octanol–water partition coefficient (Wildman–Crippen LogP) is 3.26. The van der Waals surface area contributed by atoms with Crippen LogP contribution in [0.25, 0.3) is 5.69 Å². The van der Waals surface area contributed by atoms with Gasteiger partial charge in [0.25, 0.3) is 0 Å². The van der Waals surface area contributed by atoms with Crippen molar-refractivity contribution in [3.63, 3.8) is 0 Å². The highest BCUT2D eigenvalue weighted by Crippen LogP contribution is 2.32. The molecular weight excluding hydrogens is 255 g/mol. The fourth-order valence-electron chi connectivity index (χ4n) is 2.59. The topological polar surface area (TPSA) is 25.2 Å². The summed E-state index contributed by atoms with van der Waals surface area (Å²) in [5, 5.41) is 9.85. The fraction of sp³-hybridized carbons (Fsp3) is 0.286. The van der Waals surface area contributed by atoms with E-state index in [1.165, 1.54) is 10.6 Å². The van der Waals surface area contributed by atoms with Crippen LogP contribution in [0.1, 0.15) is 30.2 Å². The minimum atomic E-state index is -1.48. The number of hydrogen-bond donors (Lipinski definition) is 1. The van der Waals surface area contributed by atoms with Crippen molar-refractivity contribution in [2.75, 3.05) is 0 Å². The first-order chi connectivity index (χ1) is 9.09. The summed E-state index contributed by atoms with van der Waals surface area (Å²) in [5.41, 5.74) is 1.45. The minimum Gasteiger partial charge on any atom is -0.388 e. The van der Waals surface area contributed by atoms with Crippen LogP contribution in [0.2, 0.25) is 0 Å². The van der Waals surface area contributed by atoms with Crippen molar-refractivity contribution in [1.29, 1.82) is 0 Å². The second-order valence-corrected chi connectivity index (χ2v) is 4.69. The van der Waals surface area contributed by atoms with Crippen LogP contribution in [0, 0.1) is 17.5 Å². The number of hydrogen-bond acceptors (Lipinski definition) is 1. The molecule has 0 saturated carbocycles. The van der Waals surface area contributed by atoms with Gasteiger partial charge in [-0.3, -0.25) is 0 Å². The summed E-state index contributed by atoms with van der Waals surface area (Å²) in [7, 11) is 0. The zero-order chi connectivity index (χ0) is 13.6. The van der Waals surface area contributed by atoms with E-state index in [1.807, 2.05) is 0 Å². The molecule has 3 rings (SSSR count). The molecule has 2 nitrogen and oxygen atoms in total. The third-order valence-corrected chi connectivity index (χ3v) is 3.55. The van der Waals surface area contributed by atoms with E-state index in [4.69, 9.17) is 0 Å². The third kappa shape index (κ3) is 1.85. The van der Waals surface area contributed by atoms with Crippen LogP contribution < -0.4 is 0 Å². The second-order valence-electron chi connectivity index (χ2n) is 4.69. The molecule has 1 atom stereocenters. The summed E-state index contributed by atoms with van der Waals surface area (Å²) in [6, 6.07) is 3.80. The van der Waals surface area contributed by atoms with Gasteiger partial charge < -0.3 is 9.67 Å². The van der Waals surface area contributed by atoms with Gasteiger partial charge in [-0.05, 0) is 37.5 Å². The van der Waals surface area contributed by atoms with E-state index in [9.17, 15) is 18.3 Å². The number of aliphatic hydroxyl groups excluding tert-OH is 1. The molecular formula is C14H12F3NO. The Balaban J connectivity index is 2.16. The summed E-state index contributed by atoms with van der Waals surface area (Å²) >= 11 is 0. The first-order valence-electron chi connectivity index (χ1n) is 6.11. The van der Waals surface area contributed by atoms with E-state index in [1.54, 1.807) is 12.3 Å². The molecule has 0 radical (unpaired) electrons. The molecule has 1 heterocycles. The summed E-state index contributed by atoms with van der Waals surface area (Å²) in [4.78, 5) is 0. The molecule has 100 valence electrons. The van der Waals surface area contributed by atoms with E-state index in [0.29, 0.717) is 12.8 Å². The Labute approximate surface area is 108 Å². The lowest BCUT2D eigenvalue weighted by molar-refractivity contribution is 0.156. The van der Waals surface area contributed by atoms with Gasteiger partial charge in [0, 0.05) is 17.5 Å². The lowest BCUT2D eigenvalue weighted by Crippen LogP contribution is -2.12. The molecule has 1 N–H and O–H groups in total. The Hall–Kier alpha value is -1.75. The number of aromatic nitrogens is 1. The van der Waals surface area contributed by atoms with Crippen LogP contribution in [0.4, 0.5) is 13.2 Å². The number of aliphatic hydroxyl groups is 1. The molecule has 1 aliphatic carbocycles. The Morgan fingerprint density at radius 2 is 1.89 bits per heavy atom. The standard InChI is InChI=1S/C14H12F3NO/c15-9-4-5-11(14(17)13(9)16)18-7-6-8-10(18)2-1-3-12(8)19/h4-7,12,19H,1-3H2. The molecule has 1 aromatic heterocycles. The molecule has 1 unspecified atom stereocenters. The number of benzene rings is 1. The van der Waals surface area contributed by atoms with E-state index in [2.05, 4.69) is 0 Å². The van der Waals surface area contributed by atoms with E-state index >= 15 is 0 Å². The number of rotatable bonds is 1. The van der Waals surface area contributed by atoms with Crippen molar-refractivity contribution in [2.45, 2.75) is 25.4 Å². The maximum absolute atomic E-state index is 13.8. The normalized spacial score (nSPS) is 18.4. The zero-order valence-electron chi connectivity index (χ0n) is 10.0. The predicted molar refractivity (Wildman–Crippen MR) is 63.5 cm³/mol. The molecule has 1 aromatic carbocycles. The average Bonchev–Trinajstić information content (AvgIpc) is 2.82. The molecule has 0 bridgehead atoms. The molecule has 0 saturated heterocycles. The molecule has 5 heteroatoms. The van der Waals surface area contributed by atoms with Gasteiger partial charge in [-0.15, -0.1) is 0 Å². The molecule has 0 aliphatic heterocycles. The van der Waals surface area contributed by atoms with Gasteiger partial charge in [-0.2, -0.15) is 0 Å². The zero-order valence-corrected chi connectivity index (χ0v) is 10.0.